The van der Waals surface area contributed by atoms with Crippen LogP contribution in [0.5, 0.6) is 0 Å². The lowest BCUT2D eigenvalue weighted by Crippen LogP contribution is -2.35. The van der Waals surface area contributed by atoms with Crippen molar-refractivity contribution in [2.24, 2.45) is 0 Å². The molecular formula is C18H21N5O. The normalized spacial score (nSPS) is 15.0. The summed E-state index contributed by atoms with van der Waals surface area (Å²) in [6.07, 6.45) is 5.56. The summed E-state index contributed by atoms with van der Waals surface area (Å²) in [6.45, 7) is 9.91. The number of hydrogen-bond acceptors (Lipinski definition) is 3. The summed E-state index contributed by atoms with van der Waals surface area (Å²) in [4.78, 5) is 18.1. The summed E-state index contributed by atoms with van der Waals surface area (Å²) in [6, 6.07) is 9.09. The average Bonchev–Trinajstić information content (AvgIpc) is 3.08. The fraction of sp³-hybridized carbons (Fsp3) is 0.444. The maximum atomic E-state index is 12.9. The Morgan fingerprint density at radius 3 is 2.62 bits per heavy atom. The second kappa shape index (κ2) is 7.26. The molecule has 0 aliphatic heterocycles. The molecule has 6 nitrogen and oxygen atoms in total. The number of amides is 1. The molecule has 1 amide bonds. The van der Waals surface area contributed by atoms with Gasteiger partial charge in [0.25, 0.3) is 5.82 Å². The van der Waals surface area contributed by atoms with Crippen LogP contribution < -0.4 is 4.90 Å². The van der Waals surface area contributed by atoms with E-state index in [1.165, 1.54) is 6.42 Å². The molecular weight excluding hydrogens is 302 g/mol. The standard InChI is InChI=1S/C18H21N5O/c1-3-22(15-12-8-5-9-13-15)18(24)23-17(19-2)16(20-21-23)14-10-6-4-7-11-14/h5,8-9,12-14H,3-4,6-7,10-11H2,1H3. The van der Waals surface area contributed by atoms with Crippen LogP contribution in [0.3, 0.4) is 0 Å². The highest BCUT2D eigenvalue weighted by atomic mass is 16.2. The Balaban J connectivity index is 1.92. The Morgan fingerprint density at radius 2 is 2.00 bits per heavy atom. The maximum absolute atomic E-state index is 12.9. The number of carbonyl (C=O) groups is 1. The van der Waals surface area contributed by atoms with Crippen LogP contribution in [0.25, 0.3) is 4.85 Å². The van der Waals surface area contributed by atoms with Crippen LogP contribution in [0.4, 0.5) is 16.3 Å². The minimum Gasteiger partial charge on any atom is -0.360 e. The Kier molecular flexibility index (Phi) is 4.90. The van der Waals surface area contributed by atoms with Crippen molar-refractivity contribution in [2.75, 3.05) is 11.4 Å². The van der Waals surface area contributed by atoms with E-state index in [1.54, 1.807) is 4.90 Å². The Labute approximate surface area is 141 Å². The van der Waals surface area contributed by atoms with E-state index in [0.29, 0.717) is 12.2 Å². The Morgan fingerprint density at radius 1 is 1.29 bits per heavy atom. The van der Waals surface area contributed by atoms with Gasteiger partial charge in [0.2, 0.25) is 0 Å². The number of para-hydroxylation sites is 1. The minimum atomic E-state index is -0.329. The molecule has 1 aliphatic rings. The molecule has 0 saturated heterocycles. The third-order valence-corrected chi connectivity index (χ3v) is 4.57. The molecule has 124 valence electrons. The van der Waals surface area contributed by atoms with Gasteiger partial charge in [0.05, 0.1) is 5.69 Å². The molecule has 1 aliphatic carbocycles. The van der Waals surface area contributed by atoms with Crippen molar-refractivity contribution >= 4 is 17.5 Å². The molecule has 0 N–H and O–H groups in total. The van der Waals surface area contributed by atoms with E-state index in [9.17, 15) is 4.79 Å². The van der Waals surface area contributed by atoms with Crippen molar-refractivity contribution in [1.29, 1.82) is 0 Å². The van der Waals surface area contributed by atoms with Crippen molar-refractivity contribution in [3.63, 3.8) is 0 Å². The second-order valence-electron chi connectivity index (χ2n) is 6.02. The van der Waals surface area contributed by atoms with E-state index in [2.05, 4.69) is 15.2 Å². The molecule has 0 atom stereocenters. The highest BCUT2D eigenvalue weighted by Gasteiger charge is 2.30. The summed E-state index contributed by atoms with van der Waals surface area (Å²) in [5, 5.41) is 8.21. The van der Waals surface area contributed by atoms with Gasteiger partial charge in [0.1, 0.15) is 0 Å². The first-order chi connectivity index (χ1) is 11.8. The van der Waals surface area contributed by atoms with Crippen molar-refractivity contribution in [1.82, 2.24) is 15.0 Å². The van der Waals surface area contributed by atoms with Gasteiger partial charge in [-0.25, -0.2) is 4.79 Å². The van der Waals surface area contributed by atoms with Crippen LogP contribution in [0.1, 0.15) is 50.6 Å². The van der Waals surface area contributed by atoms with E-state index < -0.39 is 0 Å². The van der Waals surface area contributed by atoms with E-state index >= 15 is 0 Å². The van der Waals surface area contributed by atoms with Crippen molar-refractivity contribution in [2.45, 2.75) is 44.9 Å². The highest BCUT2D eigenvalue weighted by Crippen LogP contribution is 2.36. The lowest BCUT2D eigenvalue weighted by molar-refractivity contribution is 0.245. The number of carbonyl (C=O) groups excluding carboxylic acids is 1. The first-order valence-corrected chi connectivity index (χ1v) is 8.46. The Bertz CT molecular complexity index is 741. The smallest absolute Gasteiger partial charge is 0.360 e. The fourth-order valence-corrected chi connectivity index (χ4v) is 3.31. The van der Waals surface area contributed by atoms with Gasteiger partial charge in [0, 0.05) is 17.4 Å². The molecule has 3 rings (SSSR count). The van der Waals surface area contributed by atoms with Gasteiger partial charge in [-0.2, -0.15) is 0 Å². The third kappa shape index (κ3) is 3.02. The SMILES string of the molecule is [C-]#[N+]c1c(C2CCCCC2)nnn1C(=O)N(CC)c1ccccc1. The number of rotatable bonds is 3. The molecule has 2 aromatic rings. The summed E-state index contributed by atoms with van der Waals surface area (Å²) >= 11 is 0. The molecule has 1 heterocycles. The van der Waals surface area contributed by atoms with E-state index in [1.807, 2.05) is 37.3 Å². The molecule has 6 heteroatoms. The van der Waals surface area contributed by atoms with Crippen molar-refractivity contribution in [3.8, 4) is 0 Å². The highest BCUT2D eigenvalue weighted by molar-refractivity contribution is 5.95. The van der Waals surface area contributed by atoms with Crippen LogP contribution in [0, 0.1) is 6.57 Å². The Hall–Kier alpha value is -2.68. The fourth-order valence-electron chi connectivity index (χ4n) is 3.31. The lowest BCUT2D eigenvalue weighted by atomic mass is 9.87. The molecule has 1 fully saturated rings. The zero-order chi connectivity index (χ0) is 16.9. The molecule has 0 spiro atoms. The first-order valence-electron chi connectivity index (χ1n) is 8.46. The van der Waals surface area contributed by atoms with E-state index in [4.69, 9.17) is 6.57 Å². The predicted octanol–water partition coefficient (Wildman–Crippen LogP) is 4.37. The minimum absolute atomic E-state index is 0.246. The average molecular weight is 323 g/mol. The summed E-state index contributed by atoms with van der Waals surface area (Å²) < 4.78 is 1.16. The van der Waals surface area contributed by atoms with Gasteiger partial charge in [-0.15, -0.1) is 5.10 Å². The molecule has 1 aromatic heterocycles. The number of hydrogen-bond donors (Lipinski definition) is 0. The van der Waals surface area contributed by atoms with Gasteiger partial charge >= 0.3 is 6.03 Å². The molecule has 0 unspecified atom stereocenters. The van der Waals surface area contributed by atoms with Crippen molar-refractivity contribution < 1.29 is 4.79 Å². The lowest BCUT2D eigenvalue weighted by Gasteiger charge is -2.20. The zero-order valence-electron chi connectivity index (χ0n) is 13.9. The second-order valence-corrected chi connectivity index (χ2v) is 6.02. The maximum Gasteiger partial charge on any atom is 0.427 e. The number of anilines is 1. The van der Waals surface area contributed by atoms with Crippen LogP contribution in [0.2, 0.25) is 0 Å². The quantitative estimate of drug-likeness (QED) is 0.788. The summed E-state index contributed by atoms with van der Waals surface area (Å²) in [5.41, 5.74) is 1.47. The van der Waals surface area contributed by atoms with E-state index in [0.717, 1.165) is 36.1 Å². The van der Waals surface area contributed by atoms with Gasteiger partial charge in [-0.3, -0.25) is 4.90 Å². The van der Waals surface area contributed by atoms with E-state index in [-0.39, 0.29) is 17.8 Å². The predicted molar refractivity (Wildman–Crippen MR) is 92.4 cm³/mol. The van der Waals surface area contributed by atoms with Gasteiger partial charge < -0.3 is 4.85 Å². The van der Waals surface area contributed by atoms with Crippen LogP contribution in [0.15, 0.2) is 30.3 Å². The summed E-state index contributed by atoms with van der Waals surface area (Å²) in [7, 11) is 0. The zero-order valence-corrected chi connectivity index (χ0v) is 13.9. The molecule has 1 saturated carbocycles. The summed E-state index contributed by atoms with van der Waals surface area (Å²) in [5.74, 6) is 0.512. The molecule has 0 radical (unpaired) electrons. The van der Waals surface area contributed by atoms with Crippen molar-refractivity contribution in [3.05, 3.63) is 47.4 Å². The van der Waals surface area contributed by atoms with Crippen LogP contribution in [-0.4, -0.2) is 27.6 Å². The van der Waals surface area contributed by atoms with Crippen LogP contribution >= 0.6 is 0 Å². The number of benzene rings is 1. The van der Waals surface area contributed by atoms with Gasteiger partial charge in [-0.1, -0.05) is 48.7 Å². The third-order valence-electron chi connectivity index (χ3n) is 4.57. The first kappa shape index (κ1) is 16.2. The number of nitrogens with zero attached hydrogens (tertiary/aromatic N) is 5. The molecule has 1 aromatic carbocycles. The van der Waals surface area contributed by atoms with Crippen LogP contribution in [-0.2, 0) is 0 Å². The van der Waals surface area contributed by atoms with Gasteiger partial charge in [-0.05, 0) is 37.8 Å². The molecule has 24 heavy (non-hydrogen) atoms. The largest absolute Gasteiger partial charge is 0.427 e. The monoisotopic (exact) mass is 323 g/mol. The van der Waals surface area contributed by atoms with Gasteiger partial charge in [0.15, 0.2) is 0 Å². The topological polar surface area (TPSA) is 55.4 Å². The number of aromatic nitrogens is 3. The molecule has 0 bridgehead atoms.